The molecule has 0 amide bonds. The lowest BCUT2D eigenvalue weighted by molar-refractivity contribution is -0.372. The SMILES string of the molecule is N[C@@H]1[C@@H](O)[C@H](O[C@@H]2O[C@@H](C(=O)O)[C@@H](O[C@H]3O[C@H](COS(=O)(=O)O)[C@@H](O[C@@H]4O[C@H](C(=O)O)[C@@H](O[C@H]5O[C@H](COS(=O)(=O)O)[C@@H](O)[C@H](O)[C@H]5NS(=O)(=O)O)[C@H](O)[C@H]4O)[C@H](OS(=O)(=O)O)[C@H]3NS(=O)(=O)O)[C@H](O)[C@H]2OS(=O)(=O)O)[C@@H](CO)O[C@@H]1O. The average molecular weight is 1330 g/mol. The minimum atomic E-state index is -6.26. The molecule has 0 aromatic carbocycles. The van der Waals surface area contributed by atoms with E-state index in [4.69, 9.17) is 52.9 Å². The molecule has 0 aliphatic carbocycles. The van der Waals surface area contributed by atoms with Crippen LogP contribution in [0.1, 0.15) is 0 Å². The summed E-state index contributed by atoms with van der Waals surface area (Å²) in [5.74, 6) is -4.70. The molecule has 0 saturated carbocycles. The first-order valence-corrected chi connectivity index (χ1v) is 30.2. The lowest BCUT2D eigenvalue weighted by atomic mass is 9.94. The largest absolute Gasteiger partial charge is 0.479 e. The Bertz CT molecular complexity index is 2920. The van der Waals surface area contributed by atoms with Crippen LogP contribution >= 0.6 is 0 Å². The monoisotopic (exact) mass is 1330 g/mol. The summed E-state index contributed by atoms with van der Waals surface area (Å²) in [6, 6.07) is -7.49. The van der Waals surface area contributed by atoms with Gasteiger partial charge in [-0.25, -0.2) is 26.3 Å². The Balaban J connectivity index is 1.57. The highest BCUT2D eigenvalue weighted by Gasteiger charge is 2.61. The summed E-state index contributed by atoms with van der Waals surface area (Å²) >= 11 is 0. The van der Waals surface area contributed by atoms with Crippen LogP contribution in [0.15, 0.2) is 0 Å². The minimum absolute atomic E-state index is 1.16. The predicted octanol–water partition coefficient (Wildman–Crippen LogP) is -13.7. The molecule has 0 spiro atoms. The van der Waals surface area contributed by atoms with Crippen LogP contribution in [-0.2, 0) is 131 Å². The molecule has 5 rings (SSSR count). The van der Waals surface area contributed by atoms with Crippen molar-refractivity contribution in [2.45, 2.75) is 153 Å². The van der Waals surface area contributed by atoms with Gasteiger partial charge in [-0.3, -0.25) is 27.3 Å². The second-order valence-corrected chi connectivity index (χ2v) is 24.1. The molecule has 82 heavy (non-hydrogen) atoms. The smallest absolute Gasteiger partial charge is 0.397 e. The van der Waals surface area contributed by atoms with Gasteiger partial charge in [-0.05, 0) is 0 Å². The fraction of sp³-hybridized carbons (Fsp3) is 0.933. The molecule has 0 unspecified atom stereocenters. The summed E-state index contributed by atoms with van der Waals surface area (Å²) < 4.78 is 269. The van der Waals surface area contributed by atoms with Gasteiger partial charge >= 0.3 is 74.1 Å². The summed E-state index contributed by atoms with van der Waals surface area (Å²) in [5.41, 5.74) is 5.65. The van der Waals surface area contributed by atoms with Crippen LogP contribution in [0.3, 0.4) is 0 Å². The molecule has 0 aromatic heterocycles. The van der Waals surface area contributed by atoms with E-state index in [0.29, 0.717) is 0 Å². The summed E-state index contributed by atoms with van der Waals surface area (Å²) in [6.07, 6.45) is -59.8. The van der Waals surface area contributed by atoms with Gasteiger partial charge in [-0.15, -0.1) is 0 Å². The Morgan fingerprint density at radius 3 is 1.33 bits per heavy atom. The standard InChI is InChI=1S/C30H51N3O43S6/c31-7-11(36)16(4(1-34)66-26(7)45)69-30-21(76-82(61,62)63)15(40)20(23(74-30)25(43)44)72-28-9(33-78(49,50)51)18(75-81(58,59)60)17(6(68-28)3-65-80(55,56)57)70-29-14(39)13(38)19(22(73-29)24(41)42)71-27-8(32-77(46,47)48)12(37)10(35)5(67-27)2-64-79(52,53)54/h4-23,26-30,32-40,45H,1-3,31H2,(H,41,42)(H,43,44)(H,46,47,48)(H,49,50,51)(H,52,53,54)(H,55,56,57)(H,58,59,60)(H,61,62,63)/t4-,5-,6-,7-,8-,9-,10-,11-,12-,13-,14-,15+,16-,17-,18-,19+,20+,21-,22+,23-,26+,27-,28-,29-,30-/m1/s1. The number of aliphatic hydroxyl groups excluding tert-OH is 8. The van der Waals surface area contributed by atoms with Gasteiger partial charge in [0.2, 0.25) is 0 Å². The van der Waals surface area contributed by atoms with Gasteiger partial charge in [-0.2, -0.15) is 60.0 Å². The summed E-state index contributed by atoms with van der Waals surface area (Å²) in [6.45, 7) is -4.56. The van der Waals surface area contributed by atoms with E-state index in [1.54, 1.807) is 0 Å². The lowest BCUT2D eigenvalue weighted by Crippen LogP contribution is -2.71. The molecule has 0 bridgehead atoms. The zero-order valence-corrected chi connectivity index (χ0v) is 44.7. The summed E-state index contributed by atoms with van der Waals surface area (Å²) in [4.78, 5) is 25.5. The summed E-state index contributed by atoms with van der Waals surface area (Å²) in [5, 5.41) is 107. The number of rotatable bonds is 25. The highest BCUT2D eigenvalue weighted by molar-refractivity contribution is 7.84. The predicted molar refractivity (Wildman–Crippen MR) is 236 cm³/mol. The molecule has 20 N–H and O–H groups in total. The fourth-order valence-electron chi connectivity index (χ4n) is 8.38. The van der Waals surface area contributed by atoms with E-state index in [0.717, 1.165) is 4.72 Å². The van der Waals surface area contributed by atoms with Gasteiger partial charge in [0.05, 0.1) is 25.9 Å². The minimum Gasteiger partial charge on any atom is -0.479 e. The van der Waals surface area contributed by atoms with Crippen molar-refractivity contribution in [3.63, 3.8) is 0 Å². The van der Waals surface area contributed by atoms with Crippen LogP contribution < -0.4 is 15.2 Å². The van der Waals surface area contributed by atoms with Crippen molar-refractivity contribution in [3.8, 4) is 0 Å². The van der Waals surface area contributed by atoms with Crippen LogP contribution in [-0.4, -0.2) is 314 Å². The highest BCUT2D eigenvalue weighted by atomic mass is 32.3. The van der Waals surface area contributed by atoms with E-state index in [1.807, 2.05) is 0 Å². The molecule has 46 nitrogen and oxygen atoms in total. The first-order valence-electron chi connectivity index (χ1n) is 21.8. The number of ether oxygens (including phenoxy) is 9. The third-order valence-corrected chi connectivity index (χ3v) is 14.7. The van der Waals surface area contributed by atoms with E-state index in [-0.39, 0.29) is 0 Å². The zero-order valence-electron chi connectivity index (χ0n) is 39.8. The number of aliphatic carboxylic acids is 2. The quantitative estimate of drug-likeness (QED) is 0.0377. The fourth-order valence-corrected chi connectivity index (χ4v) is 11.2. The van der Waals surface area contributed by atoms with E-state index in [1.165, 1.54) is 4.72 Å². The van der Waals surface area contributed by atoms with Gasteiger partial charge in [0, 0.05) is 0 Å². The molecule has 25 atom stereocenters. The highest BCUT2D eigenvalue weighted by Crippen LogP contribution is 2.38. The van der Waals surface area contributed by atoms with Crippen molar-refractivity contribution in [2.24, 2.45) is 5.73 Å². The lowest BCUT2D eigenvalue weighted by Gasteiger charge is -2.50. The van der Waals surface area contributed by atoms with Crippen LogP contribution in [0.2, 0.25) is 0 Å². The number of hydrogen-bond acceptors (Lipinski definition) is 36. The molecular formula is C30H51N3O43S6. The molecule has 0 radical (unpaired) electrons. The molecule has 52 heteroatoms. The van der Waals surface area contributed by atoms with E-state index in [2.05, 4.69) is 16.7 Å². The second-order valence-electron chi connectivity index (χ2n) is 17.4. The number of carboxylic acids is 2. The van der Waals surface area contributed by atoms with E-state index >= 15 is 0 Å². The van der Waals surface area contributed by atoms with Crippen molar-refractivity contribution in [2.75, 3.05) is 19.8 Å². The molecule has 5 aliphatic heterocycles. The number of nitrogens with two attached hydrogens (primary N) is 1. The maximum Gasteiger partial charge on any atom is 0.397 e. The van der Waals surface area contributed by atoms with Crippen molar-refractivity contribution < 1.29 is 198 Å². The van der Waals surface area contributed by atoms with Crippen molar-refractivity contribution in [1.29, 1.82) is 0 Å². The normalized spacial score (nSPS) is 41.2. The van der Waals surface area contributed by atoms with Gasteiger partial charge in [0.25, 0.3) is 0 Å². The van der Waals surface area contributed by atoms with Crippen molar-refractivity contribution >= 4 is 74.1 Å². The number of aliphatic hydroxyl groups is 8. The first kappa shape index (κ1) is 70.2. The average Bonchev–Trinajstić information content (AvgIpc) is 3.01. The van der Waals surface area contributed by atoms with Gasteiger partial charge in [0.15, 0.2) is 49.8 Å². The molecule has 5 saturated heterocycles. The topological polar surface area (TPSA) is 733 Å². The van der Waals surface area contributed by atoms with Gasteiger partial charge in [0.1, 0.15) is 97.5 Å². The zero-order chi connectivity index (χ0) is 62.3. The van der Waals surface area contributed by atoms with Gasteiger partial charge < -0.3 is 99.4 Å². The maximum atomic E-state index is 12.8. The Morgan fingerprint density at radius 1 is 0.427 bits per heavy atom. The Hall–Kier alpha value is -2.56. The first-order chi connectivity index (χ1) is 37.3. The van der Waals surface area contributed by atoms with Crippen LogP contribution in [0.4, 0.5) is 0 Å². The van der Waals surface area contributed by atoms with E-state index in [9.17, 15) is 134 Å². The molecule has 5 heterocycles. The Labute approximate surface area is 458 Å². The van der Waals surface area contributed by atoms with Crippen LogP contribution in [0, 0.1) is 0 Å². The third-order valence-electron chi connectivity index (χ3n) is 11.8. The summed E-state index contributed by atoms with van der Waals surface area (Å²) in [7, 11) is -35.0. The molecular weight excluding hydrogens is 1280 g/mol. The van der Waals surface area contributed by atoms with E-state index < -0.39 is 247 Å². The molecule has 0 aromatic rings. The Morgan fingerprint density at radius 2 is 0.854 bits per heavy atom. The molecule has 5 aliphatic rings. The molecule has 5 fully saturated rings. The number of carbonyl (C=O) groups is 2. The third kappa shape index (κ3) is 18.7. The number of carboxylic acid groups (broad SMARTS) is 2. The van der Waals surface area contributed by atoms with Crippen molar-refractivity contribution in [1.82, 2.24) is 9.44 Å². The molecule has 480 valence electrons. The second kappa shape index (κ2) is 26.8. The number of nitrogens with one attached hydrogen (secondary N) is 2. The van der Waals surface area contributed by atoms with Gasteiger partial charge in [-0.1, -0.05) is 0 Å². The maximum absolute atomic E-state index is 12.8. The van der Waals surface area contributed by atoms with Crippen LogP contribution in [0.25, 0.3) is 0 Å². The van der Waals surface area contributed by atoms with Crippen molar-refractivity contribution in [3.05, 3.63) is 0 Å². The van der Waals surface area contributed by atoms with Crippen LogP contribution in [0.5, 0.6) is 0 Å². The Kier molecular flexibility index (Phi) is 23.0. The number of hydrogen-bond donors (Lipinski definition) is 19.